The summed E-state index contributed by atoms with van der Waals surface area (Å²) in [5.41, 5.74) is 0. The van der Waals surface area contributed by atoms with Crippen LogP contribution in [-0.4, -0.2) is 49.8 Å². The molecule has 1 fully saturated rings. The number of benzene rings is 1. The van der Waals surface area contributed by atoms with Crippen LogP contribution in [0.1, 0.15) is 19.8 Å². The van der Waals surface area contributed by atoms with Crippen molar-refractivity contribution in [2.75, 3.05) is 32.8 Å². The van der Waals surface area contributed by atoms with Gasteiger partial charge in [0.15, 0.2) is 0 Å². The smallest absolute Gasteiger partial charge is 0.315 e. The molecule has 1 aliphatic rings. The fraction of sp³-hybridized carbons (Fsp3) is 0.562. The predicted molar refractivity (Wildman–Crippen MR) is 88.6 cm³/mol. The highest BCUT2D eigenvalue weighted by Crippen LogP contribution is 2.16. The number of hydrogen-bond donors (Lipinski definition) is 2. The molecule has 0 spiro atoms. The van der Waals surface area contributed by atoms with Crippen molar-refractivity contribution in [3.05, 3.63) is 29.3 Å². The predicted octanol–water partition coefficient (Wildman–Crippen LogP) is 2.50. The van der Waals surface area contributed by atoms with Gasteiger partial charge in [-0.1, -0.05) is 24.6 Å². The Hall–Kier alpha value is -1.46. The summed E-state index contributed by atoms with van der Waals surface area (Å²) in [6.07, 6.45) is 2.03. The molecule has 1 saturated heterocycles. The van der Waals surface area contributed by atoms with Crippen LogP contribution < -0.4 is 15.4 Å². The molecule has 1 aromatic carbocycles. The van der Waals surface area contributed by atoms with Crippen LogP contribution in [0.3, 0.4) is 0 Å². The van der Waals surface area contributed by atoms with E-state index >= 15 is 0 Å². The van der Waals surface area contributed by atoms with Crippen molar-refractivity contribution in [3.8, 4) is 5.75 Å². The molecule has 2 N–H and O–H groups in total. The minimum Gasteiger partial charge on any atom is -0.492 e. The highest BCUT2D eigenvalue weighted by molar-refractivity contribution is 6.30. The van der Waals surface area contributed by atoms with E-state index in [1.165, 1.54) is 0 Å². The monoisotopic (exact) mass is 325 g/mol. The summed E-state index contributed by atoms with van der Waals surface area (Å²) >= 11 is 5.87. The molecule has 22 heavy (non-hydrogen) atoms. The van der Waals surface area contributed by atoms with E-state index in [9.17, 15) is 4.79 Å². The van der Waals surface area contributed by atoms with Gasteiger partial charge < -0.3 is 20.3 Å². The van der Waals surface area contributed by atoms with Crippen LogP contribution in [0.15, 0.2) is 24.3 Å². The van der Waals surface area contributed by atoms with Crippen molar-refractivity contribution < 1.29 is 9.53 Å². The van der Waals surface area contributed by atoms with Gasteiger partial charge in [0, 0.05) is 24.2 Å². The third-order valence-corrected chi connectivity index (χ3v) is 4.06. The Morgan fingerprint density at radius 3 is 2.86 bits per heavy atom. The lowest BCUT2D eigenvalue weighted by Gasteiger charge is -2.31. The van der Waals surface area contributed by atoms with Crippen LogP contribution in [0, 0.1) is 0 Å². The maximum absolute atomic E-state index is 11.8. The Balaban J connectivity index is 1.58. The normalized spacial score (nSPS) is 16.3. The second-order valence-corrected chi connectivity index (χ2v) is 5.85. The molecule has 0 radical (unpaired) electrons. The van der Waals surface area contributed by atoms with Gasteiger partial charge in [0.25, 0.3) is 0 Å². The Bertz CT molecular complexity index is 476. The van der Waals surface area contributed by atoms with E-state index in [1.54, 1.807) is 12.1 Å². The van der Waals surface area contributed by atoms with Crippen LogP contribution in [0.25, 0.3) is 0 Å². The minimum atomic E-state index is -0.121. The average Bonchev–Trinajstić information content (AvgIpc) is 2.52. The average molecular weight is 326 g/mol. The zero-order valence-corrected chi connectivity index (χ0v) is 13.7. The molecule has 0 saturated carbocycles. The van der Waals surface area contributed by atoms with Crippen molar-refractivity contribution in [2.45, 2.75) is 25.8 Å². The third kappa shape index (κ3) is 5.73. The molecule has 0 aromatic heterocycles. The molecular weight excluding hydrogens is 302 g/mol. The number of ether oxygens (including phenoxy) is 1. The quantitative estimate of drug-likeness (QED) is 0.790. The van der Waals surface area contributed by atoms with Crippen LogP contribution >= 0.6 is 11.6 Å². The molecule has 0 bridgehead atoms. The second-order valence-electron chi connectivity index (χ2n) is 5.41. The lowest BCUT2D eigenvalue weighted by molar-refractivity contribution is 0.197. The molecule has 122 valence electrons. The van der Waals surface area contributed by atoms with E-state index in [4.69, 9.17) is 16.3 Å². The molecule has 0 atom stereocenters. The van der Waals surface area contributed by atoms with Crippen LogP contribution in [-0.2, 0) is 0 Å². The summed E-state index contributed by atoms with van der Waals surface area (Å²) in [5.74, 6) is 0.710. The number of carbonyl (C=O) groups is 1. The molecule has 6 heteroatoms. The standard InChI is InChI=1S/C16H24ClN3O2/c1-2-20-9-6-14(7-10-20)19-16(21)18-8-11-22-15-5-3-4-13(17)12-15/h3-5,12,14H,2,6-11H2,1H3,(H2,18,19,21). The summed E-state index contributed by atoms with van der Waals surface area (Å²) in [6.45, 7) is 6.24. The van der Waals surface area contributed by atoms with Gasteiger partial charge in [-0.05, 0) is 37.6 Å². The number of nitrogens with zero attached hydrogens (tertiary/aromatic N) is 1. The molecule has 0 unspecified atom stereocenters. The first-order valence-corrected chi connectivity index (χ1v) is 8.20. The minimum absolute atomic E-state index is 0.121. The van der Waals surface area contributed by atoms with Crippen molar-refractivity contribution >= 4 is 17.6 Å². The summed E-state index contributed by atoms with van der Waals surface area (Å²) < 4.78 is 5.52. The third-order valence-electron chi connectivity index (χ3n) is 3.82. The van der Waals surface area contributed by atoms with E-state index in [0.717, 1.165) is 32.5 Å². The summed E-state index contributed by atoms with van der Waals surface area (Å²) in [5, 5.41) is 6.48. The molecule has 1 heterocycles. The first kappa shape index (κ1) is 16.9. The van der Waals surface area contributed by atoms with Crippen molar-refractivity contribution in [1.82, 2.24) is 15.5 Å². The lowest BCUT2D eigenvalue weighted by atomic mass is 10.1. The molecule has 1 aliphatic heterocycles. The SMILES string of the molecule is CCN1CCC(NC(=O)NCCOc2cccc(Cl)c2)CC1. The Morgan fingerprint density at radius 1 is 1.41 bits per heavy atom. The summed E-state index contributed by atoms with van der Waals surface area (Å²) in [4.78, 5) is 14.2. The van der Waals surface area contributed by atoms with Crippen LogP contribution in [0.4, 0.5) is 4.79 Å². The number of halogens is 1. The number of urea groups is 1. The Morgan fingerprint density at radius 2 is 2.18 bits per heavy atom. The number of hydrogen-bond acceptors (Lipinski definition) is 3. The fourth-order valence-electron chi connectivity index (χ4n) is 2.52. The van der Waals surface area contributed by atoms with E-state index in [-0.39, 0.29) is 12.1 Å². The van der Waals surface area contributed by atoms with E-state index in [0.29, 0.717) is 23.9 Å². The van der Waals surface area contributed by atoms with Gasteiger partial charge in [-0.25, -0.2) is 4.79 Å². The fourth-order valence-corrected chi connectivity index (χ4v) is 2.70. The Labute approximate surface area is 137 Å². The van der Waals surface area contributed by atoms with Crippen molar-refractivity contribution in [2.24, 2.45) is 0 Å². The number of nitrogens with one attached hydrogen (secondary N) is 2. The van der Waals surface area contributed by atoms with E-state index in [1.807, 2.05) is 12.1 Å². The molecule has 1 aromatic rings. The zero-order valence-electron chi connectivity index (χ0n) is 13.0. The number of piperidine rings is 1. The first-order chi connectivity index (χ1) is 10.7. The van der Waals surface area contributed by atoms with Gasteiger partial charge in [-0.2, -0.15) is 0 Å². The van der Waals surface area contributed by atoms with E-state index < -0.39 is 0 Å². The zero-order chi connectivity index (χ0) is 15.8. The van der Waals surface area contributed by atoms with Gasteiger partial charge in [0.2, 0.25) is 0 Å². The van der Waals surface area contributed by atoms with Gasteiger partial charge in [0.1, 0.15) is 12.4 Å². The van der Waals surface area contributed by atoms with Gasteiger partial charge in [0.05, 0.1) is 6.54 Å². The maximum atomic E-state index is 11.8. The Kier molecular flexibility index (Phi) is 6.80. The van der Waals surface area contributed by atoms with Gasteiger partial charge >= 0.3 is 6.03 Å². The van der Waals surface area contributed by atoms with Gasteiger partial charge in [-0.3, -0.25) is 0 Å². The number of amides is 2. The van der Waals surface area contributed by atoms with Crippen LogP contribution in [0.5, 0.6) is 5.75 Å². The van der Waals surface area contributed by atoms with Gasteiger partial charge in [-0.15, -0.1) is 0 Å². The maximum Gasteiger partial charge on any atom is 0.315 e. The summed E-state index contributed by atoms with van der Waals surface area (Å²) in [7, 11) is 0. The summed E-state index contributed by atoms with van der Waals surface area (Å²) in [6, 6.07) is 7.38. The topological polar surface area (TPSA) is 53.6 Å². The molecular formula is C16H24ClN3O2. The van der Waals surface area contributed by atoms with Crippen LogP contribution in [0.2, 0.25) is 5.02 Å². The molecule has 0 aliphatic carbocycles. The molecule has 2 rings (SSSR count). The highest BCUT2D eigenvalue weighted by atomic mass is 35.5. The van der Waals surface area contributed by atoms with Crippen molar-refractivity contribution in [1.29, 1.82) is 0 Å². The van der Waals surface area contributed by atoms with E-state index in [2.05, 4.69) is 22.5 Å². The largest absolute Gasteiger partial charge is 0.492 e. The lowest BCUT2D eigenvalue weighted by Crippen LogP contribution is -2.48. The molecule has 2 amide bonds. The van der Waals surface area contributed by atoms with Crippen molar-refractivity contribution in [3.63, 3.8) is 0 Å². The molecule has 5 nitrogen and oxygen atoms in total. The number of rotatable bonds is 6. The number of carbonyl (C=O) groups excluding carboxylic acids is 1. The first-order valence-electron chi connectivity index (χ1n) is 7.82. The second kappa shape index (κ2) is 8.86. The number of likely N-dealkylation sites (tertiary alicyclic amines) is 1. The highest BCUT2D eigenvalue weighted by Gasteiger charge is 2.19.